The molecular formula is C13H19BrN2O3. The van der Waals surface area contributed by atoms with Gasteiger partial charge in [-0.25, -0.2) is 0 Å². The number of anilines is 1. The molecular weight excluding hydrogens is 312 g/mol. The summed E-state index contributed by atoms with van der Waals surface area (Å²) in [5.74, 6) is 0. The van der Waals surface area contributed by atoms with E-state index in [1.807, 2.05) is 13.8 Å². The molecule has 0 aliphatic rings. The van der Waals surface area contributed by atoms with Crippen molar-refractivity contribution in [3.05, 3.63) is 32.8 Å². The molecule has 0 unspecified atom stereocenters. The molecule has 0 amide bonds. The number of nitro benzene ring substituents is 1. The molecule has 0 saturated heterocycles. The Morgan fingerprint density at radius 2 is 2.05 bits per heavy atom. The predicted octanol–water partition coefficient (Wildman–Crippen LogP) is 3.57. The van der Waals surface area contributed by atoms with Gasteiger partial charge >= 0.3 is 0 Å². The first-order valence-electron chi connectivity index (χ1n) is 6.26. The van der Waals surface area contributed by atoms with Crippen LogP contribution in [0.15, 0.2) is 22.7 Å². The zero-order valence-corrected chi connectivity index (χ0v) is 12.7. The van der Waals surface area contributed by atoms with Crippen LogP contribution in [0.2, 0.25) is 0 Å². The highest BCUT2D eigenvalue weighted by molar-refractivity contribution is 9.10. The normalized spacial score (nSPS) is 11.4. The van der Waals surface area contributed by atoms with Gasteiger partial charge in [-0.05, 0) is 25.0 Å². The lowest BCUT2D eigenvalue weighted by molar-refractivity contribution is -0.384. The number of hydrogen-bond donors (Lipinski definition) is 2. The molecule has 2 N–H and O–H groups in total. The molecule has 19 heavy (non-hydrogen) atoms. The van der Waals surface area contributed by atoms with Crippen LogP contribution in [0.3, 0.4) is 0 Å². The fourth-order valence-corrected chi connectivity index (χ4v) is 2.23. The third-order valence-corrected chi connectivity index (χ3v) is 4.14. The summed E-state index contributed by atoms with van der Waals surface area (Å²) in [5, 5.41) is 23.6. The molecule has 0 fully saturated rings. The van der Waals surface area contributed by atoms with Gasteiger partial charge in [0, 0.05) is 22.5 Å². The molecule has 0 aromatic heterocycles. The van der Waals surface area contributed by atoms with Crippen molar-refractivity contribution in [2.75, 3.05) is 18.5 Å². The average molecular weight is 331 g/mol. The van der Waals surface area contributed by atoms with Gasteiger partial charge in [-0.1, -0.05) is 29.8 Å². The maximum atomic E-state index is 11.0. The number of nitrogens with one attached hydrogen (secondary N) is 1. The van der Waals surface area contributed by atoms with E-state index in [4.69, 9.17) is 0 Å². The Labute approximate surface area is 121 Å². The number of aliphatic hydroxyl groups is 1. The van der Waals surface area contributed by atoms with Gasteiger partial charge in [0.15, 0.2) is 0 Å². The number of benzene rings is 1. The summed E-state index contributed by atoms with van der Waals surface area (Å²) in [6.45, 7) is 4.59. The number of nitro groups is 1. The molecule has 1 rings (SSSR count). The van der Waals surface area contributed by atoms with Gasteiger partial charge in [0.2, 0.25) is 0 Å². The minimum absolute atomic E-state index is 0.0437. The van der Waals surface area contributed by atoms with Crippen LogP contribution in [0, 0.1) is 15.5 Å². The first kappa shape index (κ1) is 15.9. The molecule has 0 atom stereocenters. The zero-order valence-electron chi connectivity index (χ0n) is 11.1. The van der Waals surface area contributed by atoms with E-state index in [1.165, 1.54) is 6.07 Å². The van der Waals surface area contributed by atoms with Crippen molar-refractivity contribution in [1.82, 2.24) is 0 Å². The Morgan fingerprint density at radius 1 is 1.42 bits per heavy atom. The quantitative estimate of drug-likeness (QED) is 0.592. The highest BCUT2D eigenvalue weighted by atomic mass is 79.9. The van der Waals surface area contributed by atoms with E-state index in [0.29, 0.717) is 12.2 Å². The molecule has 0 heterocycles. The van der Waals surface area contributed by atoms with Gasteiger partial charge in [0.25, 0.3) is 5.69 Å². The molecule has 0 radical (unpaired) electrons. The van der Waals surface area contributed by atoms with Crippen LogP contribution in [0.25, 0.3) is 0 Å². The molecule has 106 valence electrons. The summed E-state index contributed by atoms with van der Waals surface area (Å²) >= 11 is 3.31. The fraction of sp³-hybridized carbons (Fsp3) is 0.538. The Bertz CT molecular complexity index is 439. The van der Waals surface area contributed by atoms with Crippen molar-refractivity contribution < 1.29 is 10.0 Å². The third-order valence-electron chi connectivity index (χ3n) is 3.64. The molecule has 0 saturated carbocycles. The number of aliphatic hydroxyl groups excluding tert-OH is 1. The average Bonchev–Trinajstić information content (AvgIpc) is 2.40. The van der Waals surface area contributed by atoms with Gasteiger partial charge in [-0.15, -0.1) is 0 Å². The molecule has 0 spiro atoms. The maximum absolute atomic E-state index is 11.0. The van der Waals surface area contributed by atoms with Crippen molar-refractivity contribution >= 4 is 27.3 Å². The molecule has 0 aliphatic heterocycles. The molecule has 1 aromatic carbocycles. The van der Waals surface area contributed by atoms with Crippen LogP contribution < -0.4 is 5.32 Å². The van der Waals surface area contributed by atoms with Crippen molar-refractivity contribution in [2.45, 2.75) is 26.7 Å². The Balaban J connectivity index is 2.93. The highest BCUT2D eigenvalue weighted by Gasteiger charge is 2.26. The molecule has 5 nitrogen and oxygen atoms in total. The van der Waals surface area contributed by atoms with E-state index in [2.05, 4.69) is 21.2 Å². The minimum atomic E-state index is -0.409. The van der Waals surface area contributed by atoms with Crippen molar-refractivity contribution in [3.63, 3.8) is 0 Å². The summed E-state index contributed by atoms with van der Waals surface area (Å²) in [6.07, 6.45) is 1.63. The molecule has 1 aromatic rings. The van der Waals surface area contributed by atoms with Gasteiger partial charge in [-0.3, -0.25) is 10.1 Å². The van der Waals surface area contributed by atoms with Gasteiger partial charge in [-0.2, -0.15) is 0 Å². The van der Waals surface area contributed by atoms with Crippen molar-refractivity contribution in [1.29, 1.82) is 0 Å². The van der Waals surface area contributed by atoms with Crippen molar-refractivity contribution in [2.24, 2.45) is 5.41 Å². The van der Waals surface area contributed by atoms with Gasteiger partial charge in [0.05, 0.1) is 11.5 Å². The third kappa shape index (κ3) is 3.91. The summed E-state index contributed by atoms with van der Waals surface area (Å²) in [4.78, 5) is 10.6. The zero-order chi connectivity index (χ0) is 14.5. The number of halogens is 1. The standard InChI is InChI=1S/C13H19BrN2O3/c1-3-13(4-2,9-17)8-15-11-7-10(14)5-6-12(11)16(18)19/h5-7,15,17H,3-4,8-9H2,1-2H3. The molecule has 6 heteroatoms. The van der Waals surface area contributed by atoms with Crippen LogP contribution >= 0.6 is 15.9 Å². The lowest BCUT2D eigenvalue weighted by atomic mass is 9.83. The minimum Gasteiger partial charge on any atom is -0.396 e. The van der Waals surface area contributed by atoms with Crippen molar-refractivity contribution in [3.8, 4) is 0 Å². The topological polar surface area (TPSA) is 75.4 Å². The number of rotatable bonds is 7. The largest absolute Gasteiger partial charge is 0.396 e. The first-order valence-corrected chi connectivity index (χ1v) is 7.06. The van der Waals surface area contributed by atoms with E-state index < -0.39 is 4.92 Å². The molecule has 0 aliphatic carbocycles. The lowest BCUT2D eigenvalue weighted by Crippen LogP contribution is -2.32. The van der Waals surface area contributed by atoms with Crippen LogP contribution in [-0.4, -0.2) is 23.2 Å². The predicted molar refractivity (Wildman–Crippen MR) is 79.4 cm³/mol. The van der Waals surface area contributed by atoms with Gasteiger partial charge in [0.1, 0.15) is 5.69 Å². The summed E-state index contributed by atoms with van der Waals surface area (Å²) in [7, 11) is 0. The summed E-state index contributed by atoms with van der Waals surface area (Å²) < 4.78 is 0.781. The number of nitrogens with zero attached hydrogens (tertiary/aromatic N) is 1. The highest BCUT2D eigenvalue weighted by Crippen LogP contribution is 2.31. The van der Waals surface area contributed by atoms with Crippen LogP contribution in [-0.2, 0) is 0 Å². The second-order valence-electron chi connectivity index (χ2n) is 4.64. The second-order valence-corrected chi connectivity index (χ2v) is 5.55. The maximum Gasteiger partial charge on any atom is 0.292 e. The van der Waals surface area contributed by atoms with E-state index in [9.17, 15) is 15.2 Å². The second kappa shape index (κ2) is 6.86. The molecule has 0 bridgehead atoms. The smallest absolute Gasteiger partial charge is 0.292 e. The van der Waals surface area contributed by atoms with E-state index in [-0.39, 0.29) is 17.7 Å². The Morgan fingerprint density at radius 3 is 2.53 bits per heavy atom. The lowest BCUT2D eigenvalue weighted by Gasteiger charge is -2.29. The summed E-state index contributed by atoms with van der Waals surface area (Å²) in [6, 6.07) is 4.79. The van der Waals surface area contributed by atoms with E-state index >= 15 is 0 Å². The monoisotopic (exact) mass is 330 g/mol. The number of hydrogen-bond acceptors (Lipinski definition) is 4. The fourth-order valence-electron chi connectivity index (χ4n) is 1.87. The van der Waals surface area contributed by atoms with Crippen LogP contribution in [0.4, 0.5) is 11.4 Å². The van der Waals surface area contributed by atoms with E-state index in [1.54, 1.807) is 12.1 Å². The SMILES string of the molecule is CCC(CC)(CO)CNc1cc(Br)ccc1[N+](=O)[O-]. The Kier molecular flexibility index (Phi) is 5.75. The summed E-state index contributed by atoms with van der Waals surface area (Å²) in [5.41, 5.74) is 0.275. The van der Waals surface area contributed by atoms with Crippen LogP contribution in [0.5, 0.6) is 0 Å². The first-order chi connectivity index (χ1) is 8.98. The van der Waals surface area contributed by atoms with Gasteiger partial charge < -0.3 is 10.4 Å². The van der Waals surface area contributed by atoms with Crippen LogP contribution in [0.1, 0.15) is 26.7 Å². The Hall–Kier alpha value is -1.14. The van der Waals surface area contributed by atoms with E-state index in [0.717, 1.165) is 17.3 Å².